The normalized spacial score (nSPS) is 20.4. The molecule has 11 heteroatoms. The fraction of sp³-hybridized carbons (Fsp3) is 1.00. The number of rotatable bonds is 3. The molecule has 0 nitrogen and oxygen atoms in total. The summed E-state index contributed by atoms with van der Waals surface area (Å²) in [6.45, 7) is 0. The molecule has 0 saturated carbocycles. The molecule has 0 aliphatic rings. The SMILES string of the molecule is FC(Cl)C(F)(F)C(F)(Cl)C(F)(F)C(Cl)(Cl)Cl. The smallest absolute Gasteiger partial charge is 0.223 e. The van der Waals surface area contributed by atoms with Gasteiger partial charge in [-0.3, -0.25) is 0 Å². The first kappa shape index (κ1) is 17.0. The molecule has 0 radical (unpaired) electrons. The van der Waals surface area contributed by atoms with Gasteiger partial charge in [-0.2, -0.15) is 17.6 Å². The first-order chi connectivity index (χ1) is 6.69. The number of alkyl halides is 11. The molecule has 0 aliphatic carbocycles. The van der Waals surface area contributed by atoms with Crippen molar-refractivity contribution in [2.75, 3.05) is 0 Å². The quantitative estimate of drug-likeness (QED) is 0.492. The zero-order chi connectivity index (χ0) is 13.6. The van der Waals surface area contributed by atoms with Crippen LogP contribution in [0.15, 0.2) is 0 Å². The summed E-state index contributed by atoms with van der Waals surface area (Å²) in [7, 11) is 0. The summed E-state index contributed by atoms with van der Waals surface area (Å²) in [5.74, 6) is -10.8. The molecule has 2 unspecified atom stereocenters. The highest BCUT2D eigenvalue weighted by Crippen LogP contribution is 2.58. The molecule has 0 bridgehead atoms. The van der Waals surface area contributed by atoms with Crippen molar-refractivity contribution in [2.24, 2.45) is 0 Å². The standard InChI is InChI=1S/C5HCl5F6/c6-1(11)2(12,13)3(7,14)4(15,16)5(8,9)10/h1H. The Morgan fingerprint density at radius 1 is 0.812 bits per heavy atom. The first-order valence-corrected chi connectivity index (χ1v) is 5.12. The van der Waals surface area contributed by atoms with Crippen molar-refractivity contribution >= 4 is 58.0 Å². The van der Waals surface area contributed by atoms with E-state index in [9.17, 15) is 26.3 Å². The molecule has 0 aliphatic heterocycles. The van der Waals surface area contributed by atoms with Crippen molar-refractivity contribution in [3.8, 4) is 0 Å². The summed E-state index contributed by atoms with van der Waals surface area (Å²) in [6.07, 6.45) is 0. The van der Waals surface area contributed by atoms with Gasteiger partial charge in [-0.05, 0) is 0 Å². The van der Waals surface area contributed by atoms with E-state index in [1.165, 1.54) is 0 Å². The molecule has 0 aromatic carbocycles. The van der Waals surface area contributed by atoms with Crippen LogP contribution in [0.2, 0.25) is 0 Å². The van der Waals surface area contributed by atoms with Crippen molar-refractivity contribution in [1.29, 1.82) is 0 Å². The van der Waals surface area contributed by atoms with E-state index >= 15 is 0 Å². The van der Waals surface area contributed by atoms with Crippen molar-refractivity contribution in [3.05, 3.63) is 0 Å². The third-order valence-corrected chi connectivity index (χ3v) is 2.92. The lowest BCUT2D eigenvalue weighted by atomic mass is 10.1. The lowest BCUT2D eigenvalue weighted by Gasteiger charge is -2.37. The fourth-order valence-electron chi connectivity index (χ4n) is 0.524. The Morgan fingerprint density at radius 2 is 1.12 bits per heavy atom. The minimum atomic E-state index is -5.47. The van der Waals surface area contributed by atoms with Crippen LogP contribution in [0.1, 0.15) is 0 Å². The Labute approximate surface area is 111 Å². The van der Waals surface area contributed by atoms with E-state index < -0.39 is 26.4 Å². The molecule has 0 N–H and O–H groups in total. The summed E-state index contributed by atoms with van der Waals surface area (Å²) in [6, 6.07) is 0. The van der Waals surface area contributed by atoms with Gasteiger partial charge in [-0.25, -0.2) is 8.78 Å². The molecule has 98 valence electrons. The third kappa shape index (κ3) is 2.55. The molecule has 0 spiro atoms. The molecule has 16 heavy (non-hydrogen) atoms. The Kier molecular flexibility index (Phi) is 4.91. The van der Waals surface area contributed by atoms with E-state index in [2.05, 4.69) is 58.0 Å². The van der Waals surface area contributed by atoms with Crippen molar-refractivity contribution in [2.45, 2.75) is 26.4 Å². The molecule has 0 saturated heterocycles. The molecule has 0 rings (SSSR count). The number of halogens is 11. The van der Waals surface area contributed by atoms with Crippen LogP contribution in [0.5, 0.6) is 0 Å². The molecule has 0 aromatic heterocycles. The van der Waals surface area contributed by atoms with Gasteiger partial charge < -0.3 is 0 Å². The van der Waals surface area contributed by atoms with Gasteiger partial charge in [0.05, 0.1) is 0 Å². The van der Waals surface area contributed by atoms with Gasteiger partial charge in [0.15, 0.2) is 0 Å². The predicted octanol–water partition coefficient (Wildman–Crippen LogP) is 5.07. The fourth-order valence-corrected chi connectivity index (χ4v) is 1.50. The van der Waals surface area contributed by atoms with Crippen LogP contribution >= 0.6 is 58.0 Å². The van der Waals surface area contributed by atoms with E-state index in [-0.39, 0.29) is 0 Å². The topological polar surface area (TPSA) is 0 Å². The lowest BCUT2D eigenvalue weighted by molar-refractivity contribution is -0.215. The van der Waals surface area contributed by atoms with Crippen molar-refractivity contribution in [1.82, 2.24) is 0 Å². The van der Waals surface area contributed by atoms with Crippen molar-refractivity contribution in [3.63, 3.8) is 0 Å². The molecule has 0 amide bonds. The highest BCUT2D eigenvalue weighted by molar-refractivity contribution is 6.68. The highest BCUT2D eigenvalue weighted by Gasteiger charge is 2.78. The zero-order valence-electron chi connectivity index (χ0n) is 6.73. The van der Waals surface area contributed by atoms with Crippen LogP contribution in [-0.4, -0.2) is 26.4 Å². The van der Waals surface area contributed by atoms with Gasteiger partial charge in [0.25, 0.3) is 3.79 Å². The zero-order valence-corrected chi connectivity index (χ0v) is 10.5. The van der Waals surface area contributed by atoms with E-state index in [4.69, 9.17) is 0 Å². The second-order valence-corrected chi connectivity index (χ2v) is 5.76. The Balaban J connectivity index is 5.53. The minimum absolute atomic E-state index is 3.81. The second-order valence-electron chi connectivity index (χ2n) is 2.57. The van der Waals surface area contributed by atoms with Crippen LogP contribution in [0.25, 0.3) is 0 Å². The summed E-state index contributed by atoms with van der Waals surface area (Å²) >= 11 is 22.2. The summed E-state index contributed by atoms with van der Waals surface area (Å²) in [4.78, 5) is 0. The van der Waals surface area contributed by atoms with Gasteiger partial charge in [0.2, 0.25) is 5.63 Å². The Hall–Kier alpha value is 1.03. The van der Waals surface area contributed by atoms with E-state index in [1.54, 1.807) is 0 Å². The molecule has 0 aromatic rings. The second kappa shape index (κ2) is 4.61. The summed E-state index contributed by atoms with van der Waals surface area (Å²) in [5.41, 5.74) is -3.83. The number of hydrogen-bond acceptors (Lipinski definition) is 0. The van der Waals surface area contributed by atoms with Crippen LogP contribution < -0.4 is 0 Å². The van der Waals surface area contributed by atoms with Gasteiger partial charge in [-0.1, -0.05) is 58.0 Å². The third-order valence-electron chi connectivity index (χ3n) is 1.44. The average molecular weight is 352 g/mol. The summed E-state index contributed by atoms with van der Waals surface area (Å²) < 4.78 is 72.7. The van der Waals surface area contributed by atoms with Gasteiger partial charge >= 0.3 is 17.0 Å². The molecule has 0 heterocycles. The van der Waals surface area contributed by atoms with Crippen molar-refractivity contribution < 1.29 is 26.3 Å². The predicted molar refractivity (Wildman–Crippen MR) is 50.6 cm³/mol. The Morgan fingerprint density at radius 3 is 1.31 bits per heavy atom. The minimum Gasteiger partial charge on any atom is -0.223 e. The van der Waals surface area contributed by atoms with Crippen LogP contribution in [0, 0.1) is 0 Å². The van der Waals surface area contributed by atoms with E-state index in [1.807, 2.05) is 0 Å². The maximum absolute atomic E-state index is 13.1. The number of hydrogen-bond donors (Lipinski definition) is 0. The largest absolute Gasteiger partial charge is 0.347 e. The van der Waals surface area contributed by atoms with Crippen LogP contribution in [0.4, 0.5) is 26.3 Å². The highest BCUT2D eigenvalue weighted by atomic mass is 35.6. The van der Waals surface area contributed by atoms with E-state index in [0.717, 1.165) is 0 Å². The molecular formula is C5HCl5F6. The summed E-state index contributed by atoms with van der Waals surface area (Å²) in [5, 5.41) is -5.30. The maximum Gasteiger partial charge on any atom is 0.347 e. The van der Waals surface area contributed by atoms with Gasteiger partial charge in [0.1, 0.15) is 0 Å². The maximum atomic E-state index is 13.1. The first-order valence-electron chi connectivity index (χ1n) is 3.18. The molecular weight excluding hydrogens is 351 g/mol. The Bertz CT molecular complexity index is 259. The van der Waals surface area contributed by atoms with Gasteiger partial charge in [-0.15, -0.1) is 0 Å². The molecule has 2 atom stereocenters. The monoisotopic (exact) mass is 350 g/mol. The van der Waals surface area contributed by atoms with Gasteiger partial charge in [0, 0.05) is 0 Å². The van der Waals surface area contributed by atoms with Crippen LogP contribution in [0.3, 0.4) is 0 Å². The van der Waals surface area contributed by atoms with Crippen LogP contribution in [-0.2, 0) is 0 Å². The van der Waals surface area contributed by atoms with E-state index in [0.29, 0.717) is 0 Å². The molecule has 0 fully saturated rings. The average Bonchev–Trinajstić information content (AvgIpc) is 2.00. The lowest BCUT2D eigenvalue weighted by Crippen LogP contribution is -2.61.